The molecule has 2 rings (SSSR count). The molecule has 0 radical (unpaired) electrons. The number of aryl methyl sites for hydroxylation is 1. The normalized spacial score (nSPS) is 10.2. The summed E-state index contributed by atoms with van der Waals surface area (Å²) in [5.74, 6) is -0.781. The molecule has 0 unspecified atom stereocenters. The molecule has 0 atom stereocenters. The van der Waals surface area contributed by atoms with E-state index >= 15 is 0 Å². The van der Waals surface area contributed by atoms with E-state index in [0.29, 0.717) is 15.7 Å². The average molecular weight is 327 g/mol. The summed E-state index contributed by atoms with van der Waals surface area (Å²) in [5.41, 5.74) is 0.379. The van der Waals surface area contributed by atoms with Crippen molar-refractivity contribution in [1.29, 1.82) is 0 Å². The summed E-state index contributed by atoms with van der Waals surface area (Å²) in [4.78, 5) is 23.5. The van der Waals surface area contributed by atoms with Crippen molar-refractivity contribution in [3.63, 3.8) is 0 Å². The second-order valence-electron chi connectivity index (χ2n) is 4.25. The molecule has 0 bridgehead atoms. The molecular weight excluding hydrogens is 315 g/mol. The van der Waals surface area contributed by atoms with Crippen molar-refractivity contribution in [2.75, 3.05) is 6.61 Å². The lowest BCUT2D eigenvalue weighted by Gasteiger charge is -2.08. The topological polar surface area (TPSA) is 60.3 Å². The minimum absolute atomic E-state index is 0.283. The molecule has 21 heavy (non-hydrogen) atoms. The lowest BCUT2D eigenvalue weighted by Crippen LogP contribution is -2.35. The van der Waals surface area contributed by atoms with Crippen molar-refractivity contribution in [2.45, 2.75) is 0 Å². The van der Waals surface area contributed by atoms with Crippen LogP contribution >= 0.6 is 23.2 Å². The number of halogens is 2. The van der Waals surface area contributed by atoms with Crippen LogP contribution in [0.15, 0.2) is 36.5 Å². The zero-order chi connectivity index (χ0) is 15.4. The Hall–Kier alpha value is -1.98. The smallest absolute Gasteiger partial charge is 0.274 e. The van der Waals surface area contributed by atoms with Crippen LogP contribution in [0.2, 0.25) is 10.0 Å². The van der Waals surface area contributed by atoms with Crippen LogP contribution in [0.3, 0.4) is 0 Å². The number of amides is 2. The largest absolute Gasteiger partial charge is 0.482 e. The Morgan fingerprint density at radius 3 is 2.71 bits per heavy atom. The van der Waals surface area contributed by atoms with Crippen molar-refractivity contribution in [3.8, 4) is 5.75 Å². The number of carbonyl (C=O) groups is 2. The fourth-order valence-corrected chi connectivity index (χ4v) is 1.99. The number of imide groups is 1. The molecule has 0 saturated heterocycles. The Balaban J connectivity index is 1.92. The molecule has 0 spiro atoms. The van der Waals surface area contributed by atoms with Crippen molar-refractivity contribution in [1.82, 2.24) is 9.88 Å². The van der Waals surface area contributed by atoms with E-state index in [-0.39, 0.29) is 12.4 Å². The Bertz CT molecular complexity index is 683. The maximum absolute atomic E-state index is 11.8. The van der Waals surface area contributed by atoms with E-state index in [1.807, 2.05) is 0 Å². The number of rotatable bonds is 4. The summed E-state index contributed by atoms with van der Waals surface area (Å²) >= 11 is 11.7. The summed E-state index contributed by atoms with van der Waals surface area (Å²) < 4.78 is 6.85. The van der Waals surface area contributed by atoms with Gasteiger partial charge in [-0.2, -0.15) is 0 Å². The Morgan fingerprint density at radius 1 is 1.29 bits per heavy atom. The van der Waals surface area contributed by atoms with Crippen LogP contribution in [0, 0.1) is 0 Å². The van der Waals surface area contributed by atoms with Gasteiger partial charge in [-0.15, -0.1) is 0 Å². The van der Waals surface area contributed by atoms with E-state index in [1.54, 1.807) is 42.1 Å². The molecule has 1 aromatic carbocycles. The van der Waals surface area contributed by atoms with E-state index in [9.17, 15) is 9.59 Å². The first-order chi connectivity index (χ1) is 9.97. The van der Waals surface area contributed by atoms with Gasteiger partial charge in [-0.3, -0.25) is 14.9 Å². The maximum atomic E-state index is 11.8. The van der Waals surface area contributed by atoms with Gasteiger partial charge in [0.05, 0.1) is 5.02 Å². The second kappa shape index (κ2) is 6.65. The molecule has 0 aliphatic heterocycles. The summed E-state index contributed by atoms with van der Waals surface area (Å²) in [6.45, 7) is -0.337. The van der Waals surface area contributed by atoms with Gasteiger partial charge in [-0.05, 0) is 24.3 Å². The summed E-state index contributed by atoms with van der Waals surface area (Å²) in [6, 6.07) is 7.98. The standard InChI is InChI=1S/C14H12Cl2N2O3/c1-18-6-2-3-11(18)14(20)17-13(19)8-21-12-7-9(15)4-5-10(12)16/h2-7H,8H2,1H3,(H,17,19,20). The van der Waals surface area contributed by atoms with Gasteiger partial charge < -0.3 is 9.30 Å². The van der Waals surface area contributed by atoms with Crippen molar-refractivity contribution >= 4 is 35.0 Å². The van der Waals surface area contributed by atoms with E-state index in [4.69, 9.17) is 27.9 Å². The van der Waals surface area contributed by atoms with E-state index in [1.165, 1.54) is 6.07 Å². The number of benzene rings is 1. The van der Waals surface area contributed by atoms with Crippen LogP contribution in [-0.4, -0.2) is 23.0 Å². The van der Waals surface area contributed by atoms with Crippen molar-refractivity contribution in [3.05, 3.63) is 52.3 Å². The summed E-state index contributed by atoms with van der Waals surface area (Å²) in [5, 5.41) is 3.00. The minimum atomic E-state index is -0.572. The van der Waals surface area contributed by atoms with Gasteiger partial charge in [0.15, 0.2) is 6.61 Å². The van der Waals surface area contributed by atoms with Crippen molar-refractivity contribution < 1.29 is 14.3 Å². The molecule has 5 nitrogen and oxygen atoms in total. The van der Waals surface area contributed by atoms with Crippen LogP contribution in [0.5, 0.6) is 5.75 Å². The lowest BCUT2D eigenvalue weighted by atomic mass is 10.3. The van der Waals surface area contributed by atoms with Gasteiger partial charge >= 0.3 is 0 Å². The molecule has 7 heteroatoms. The minimum Gasteiger partial charge on any atom is -0.482 e. The molecule has 1 N–H and O–H groups in total. The van der Waals surface area contributed by atoms with Gasteiger partial charge in [0.25, 0.3) is 11.8 Å². The zero-order valence-corrected chi connectivity index (χ0v) is 12.6. The summed E-state index contributed by atoms with van der Waals surface area (Å²) in [7, 11) is 1.71. The van der Waals surface area contributed by atoms with Crippen LogP contribution in [-0.2, 0) is 11.8 Å². The summed E-state index contributed by atoms with van der Waals surface area (Å²) in [6.07, 6.45) is 1.71. The van der Waals surface area contributed by atoms with Crippen LogP contribution in [0.4, 0.5) is 0 Å². The monoisotopic (exact) mass is 326 g/mol. The number of nitrogens with zero attached hydrogens (tertiary/aromatic N) is 1. The highest BCUT2D eigenvalue weighted by molar-refractivity contribution is 6.34. The quantitative estimate of drug-likeness (QED) is 0.939. The third kappa shape index (κ3) is 4.00. The molecule has 0 aliphatic carbocycles. The fourth-order valence-electron chi connectivity index (χ4n) is 1.65. The number of carbonyl (C=O) groups excluding carboxylic acids is 2. The molecular formula is C14H12Cl2N2O3. The highest BCUT2D eigenvalue weighted by Crippen LogP contribution is 2.27. The van der Waals surface area contributed by atoms with Gasteiger partial charge in [-0.25, -0.2) is 0 Å². The first-order valence-corrected chi connectivity index (χ1v) is 6.76. The zero-order valence-electron chi connectivity index (χ0n) is 11.1. The molecule has 2 aromatic rings. The molecule has 0 fully saturated rings. The Labute approximate surface area is 131 Å². The second-order valence-corrected chi connectivity index (χ2v) is 5.09. The molecule has 0 saturated carbocycles. The van der Waals surface area contributed by atoms with E-state index < -0.39 is 11.8 Å². The van der Waals surface area contributed by atoms with E-state index in [2.05, 4.69) is 5.32 Å². The molecule has 0 aliphatic rings. The van der Waals surface area contributed by atoms with Gasteiger partial charge in [0.1, 0.15) is 11.4 Å². The number of nitrogens with one attached hydrogen (secondary N) is 1. The molecule has 1 aromatic heterocycles. The highest BCUT2D eigenvalue weighted by Gasteiger charge is 2.13. The molecule has 2 amide bonds. The predicted molar refractivity (Wildman–Crippen MR) is 79.8 cm³/mol. The van der Waals surface area contributed by atoms with Crippen LogP contribution in [0.1, 0.15) is 10.5 Å². The highest BCUT2D eigenvalue weighted by atomic mass is 35.5. The Kier molecular flexibility index (Phi) is 4.88. The van der Waals surface area contributed by atoms with E-state index in [0.717, 1.165) is 0 Å². The fraction of sp³-hybridized carbons (Fsp3) is 0.143. The molecule has 1 heterocycles. The molecule has 110 valence electrons. The van der Waals surface area contributed by atoms with Crippen molar-refractivity contribution in [2.24, 2.45) is 7.05 Å². The van der Waals surface area contributed by atoms with Gasteiger partial charge in [0, 0.05) is 24.3 Å². The van der Waals surface area contributed by atoms with Crippen LogP contribution in [0.25, 0.3) is 0 Å². The maximum Gasteiger partial charge on any atom is 0.274 e. The van der Waals surface area contributed by atoms with Gasteiger partial charge in [-0.1, -0.05) is 23.2 Å². The third-order valence-corrected chi connectivity index (χ3v) is 3.23. The number of ether oxygens (including phenoxy) is 1. The first kappa shape index (κ1) is 15.4. The average Bonchev–Trinajstić information content (AvgIpc) is 2.86. The first-order valence-electron chi connectivity index (χ1n) is 6.00. The Morgan fingerprint density at radius 2 is 2.05 bits per heavy atom. The number of hydrogen-bond donors (Lipinski definition) is 1. The number of hydrogen-bond acceptors (Lipinski definition) is 3. The third-order valence-electron chi connectivity index (χ3n) is 2.68. The lowest BCUT2D eigenvalue weighted by molar-refractivity contribution is -0.122. The SMILES string of the molecule is Cn1cccc1C(=O)NC(=O)COc1cc(Cl)ccc1Cl. The number of aromatic nitrogens is 1. The van der Waals surface area contributed by atoms with Gasteiger partial charge in [0.2, 0.25) is 0 Å². The predicted octanol–water partition coefficient (Wildman–Crippen LogP) is 2.67. The van der Waals surface area contributed by atoms with Crippen LogP contribution < -0.4 is 10.1 Å².